The summed E-state index contributed by atoms with van der Waals surface area (Å²) >= 11 is 1.36. The number of hydrogen-bond donors (Lipinski definition) is 1. The van der Waals surface area contributed by atoms with Gasteiger partial charge in [-0.3, -0.25) is 0 Å². The Bertz CT molecular complexity index is 408. The summed E-state index contributed by atoms with van der Waals surface area (Å²) in [5, 5.41) is 3.77. The smallest absolute Gasteiger partial charge is 0.108 e. The topological polar surface area (TPSA) is 69.6 Å². The maximum absolute atomic E-state index is 6.00. The van der Waals surface area contributed by atoms with E-state index in [2.05, 4.69) is 14.6 Å². The zero-order valence-electron chi connectivity index (χ0n) is 8.50. The highest BCUT2D eigenvalue weighted by atomic mass is 32.1. The van der Waals surface area contributed by atoms with Gasteiger partial charge in [0.2, 0.25) is 0 Å². The molecule has 0 bridgehead atoms. The fourth-order valence-electron chi connectivity index (χ4n) is 1.40. The minimum Gasteiger partial charge on any atom is -0.338 e. The molecule has 0 aromatic carbocycles. The first-order valence-corrected chi connectivity index (χ1v) is 5.53. The molecule has 0 aliphatic carbocycles. The van der Waals surface area contributed by atoms with Crippen LogP contribution in [0.5, 0.6) is 0 Å². The van der Waals surface area contributed by atoms with Gasteiger partial charge in [-0.1, -0.05) is 4.49 Å². The van der Waals surface area contributed by atoms with Crippen LogP contribution in [0.25, 0.3) is 0 Å². The molecule has 0 saturated heterocycles. The van der Waals surface area contributed by atoms with Crippen LogP contribution in [0.3, 0.4) is 0 Å². The van der Waals surface area contributed by atoms with Crippen molar-refractivity contribution in [2.24, 2.45) is 12.8 Å². The number of nitrogens with zero attached hydrogens (tertiary/aromatic N) is 4. The van der Waals surface area contributed by atoms with Gasteiger partial charge in [-0.25, -0.2) is 4.98 Å². The predicted molar refractivity (Wildman–Crippen MR) is 58.4 cm³/mol. The van der Waals surface area contributed by atoms with Crippen molar-refractivity contribution >= 4 is 11.5 Å². The second-order valence-electron chi connectivity index (χ2n) is 3.42. The van der Waals surface area contributed by atoms with Gasteiger partial charge >= 0.3 is 0 Å². The summed E-state index contributed by atoms with van der Waals surface area (Å²) in [6.07, 6.45) is 7.22. The average molecular weight is 223 g/mol. The molecule has 2 aromatic heterocycles. The number of aryl methyl sites for hydroxylation is 2. The van der Waals surface area contributed by atoms with Crippen molar-refractivity contribution < 1.29 is 0 Å². The molecule has 5 nitrogen and oxygen atoms in total. The van der Waals surface area contributed by atoms with Gasteiger partial charge < -0.3 is 10.3 Å². The number of rotatable bonds is 4. The minimum atomic E-state index is 0.0155. The summed E-state index contributed by atoms with van der Waals surface area (Å²) in [5.41, 5.74) is 6.00. The highest BCUT2D eigenvalue weighted by Gasteiger charge is 2.10. The van der Waals surface area contributed by atoms with Crippen LogP contribution in [-0.4, -0.2) is 19.1 Å². The lowest BCUT2D eigenvalue weighted by molar-refractivity contribution is 0.628. The molecule has 0 amide bonds. The maximum atomic E-state index is 6.00. The van der Waals surface area contributed by atoms with Gasteiger partial charge in [0.05, 0.1) is 11.1 Å². The van der Waals surface area contributed by atoms with Crippen LogP contribution in [0.1, 0.15) is 23.2 Å². The molecule has 1 unspecified atom stereocenters. The van der Waals surface area contributed by atoms with E-state index in [9.17, 15) is 0 Å². The van der Waals surface area contributed by atoms with Crippen molar-refractivity contribution in [3.05, 3.63) is 29.3 Å². The summed E-state index contributed by atoms with van der Waals surface area (Å²) < 4.78 is 5.81. The Morgan fingerprint density at radius 3 is 3.07 bits per heavy atom. The lowest BCUT2D eigenvalue weighted by Gasteiger charge is -2.07. The Hall–Kier alpha value is -1.27. The fraction of sp³-hybridized carbons (Fsp3) is 0.444. The van der Waals surface area contributed by atoms with Crippen molar-refractivity contribution in [1.82, 2.24) is 19.1 Å². The summed E-state index contributed by atoms with van der Waals surface area (Å²) in [6.45, 7) is 0. The van der Waals surface area contributed by atoms with Crippen molar-refractivity contribution in [3.8, 4) is 0 Å². The maximum Gasteiger partial charge on any atom is 0.108 e. The van der Waals surface area contributed by atoms with E-state index < -0.39 is 0 Å². The first-order valence-electron chi connectivity index (χ1n) is 4.76. The molecule has 2 N–H and O–H groups in total. The molecular formula is C9H13N5S. The van der Waals surface area contributed by atoms with Gasteiger partial charge in [-0.15, -0.1) is 5.10 Å². The summed E-state index contributed by atoms with van der Waals surface area (Å²) in [7, 11) is 1.99. The number of imidazole rings is 1. The second-order valence-corrected chi connectivity index (χ2v) is 4.24. The molecule has 6 heteroatoms. The molecule has 0 fully saturated rings. The largest absolute Gasteiger partial charge is 0.338 e. The quantitative estimate of drug-likeness (QED) is 0.836. The first kappa shape index (κ1) is 10.3. The van der Waals surface area contributed by atoms with Gasteiger partial charge in [-0.2, -0.15) is 0 Å². The lowest BCUT2D eigenvalue weighted by Crippen LogP contribution is -2.11. The standard InChI is InChI=1S/C9H13N5S/c1-14-5-4-11-9(14)3-2-7(10)8-6-12-13-15-8/h4-7H,2-3,10H2,1H3. The summed E-state index contributed by atoms with van der Waals surface area (Å²) in [5.74, 6) is 1.06. The Labute approximate surface area is 92.1 Å². The van der Waals surface area contributed by atoms with Crippen LogP contribution in [0, 0.1) is 0 Å². The van der Waals surface area contributed by atoms with E-state index >= 15 is 0 Å². The molecule has 0 saturated carbocycles. The van der Waals surface area contributed by atoms with E-state index in [1.165, 1.54) is 11.5 Å². The summed E-state index contributed by atoms with van der Waals surface area (Å²) in [6, 6.07) is 0.0155. The molecule has 0 aliphatic rings. The Kier molecular flexibility index (Phi) is 3.08. The molecule has 15 heavy (non-hydrogen) atoms. The van der Waals surface area contributed by atoms with Gasteiger partial charge in [0.25, 0.3) is 0 Å². The molecular weight excluding hydrogens is 210 g/mol. The van der Waals surface area contributed by atoms with Crippen molar-refractivity contribution in [1.29, 1.82) is 0 Å². The Balaban J connectivity index is 1.91. The van der Waals surface area contributed by atoms with Crippen molar-refractivity contribution in [3.63, 3.8) is 0 Å². The van der Waals surface area contributed by atoms with Crippen LogP contribution >= 0.6 is 11.5 Å². The molecule has 0 aliphatic heterocycles. The van der Waals surface area contributed by atoms with Crippen LogP contribution in [0.4, 0.5) is 0 Å². The van der Waals surface area contributed by atoms with Crippen LogP contribution in [0.15, 0.2) is 18.6 Å². The third kappa shape index (κ3) is 2.40. The molecule has 1 atom stereocenters. The Morgan fingerprint density at radius 1 is 1.60 bits per heavy atom. The van der Waals surface area contributed by atoms with Crippen LogP contribution in [0.2, 0.25) is 0 Å². The lowest BCUT2D eigenvalue weighted by atomic mass is 10.1. The molecule has 2 rings (SSSR count). The fourth-order valence-corrected chi connectivity index (χ4v) is 1.94. The van der Waals surface area contributed by atoms with Crippen molar-refractivity contribution in [2.45, 2.75) is 18.9 Å². The van der Waals surface area contributed by atoms with E-state index in [1.807, 2.05) is 17.8 Å². The van der Waals surface area contributed by atoms with Crippen molar-refractivity contribution in [2.75, 3.05) is 0 Å². The van der Waals surface area contributed by atoms with E-state index in [1.54, 1.807) is 12.4 Å². The molecule has 0 spiro atoms. The minimum absolute atomic E-state index is 0.0155. The molecule has 2 aromatic rings. The Morgan fingerprint density at radius 2 is 2.47 bits per heavy atom. The summed E-state index contributed by atoms with van der Waals surface area (Å²) in [4.78, 5) is 5.28. The van der Waals surface area contributed by atoms with Gasteiger partial charge in [0, 0.05) is 31.9 Å². The number of nitrogens with two attached hydrogens (primary N) is 1. The van der Waals surface area contributed by atoms with Crippen LogP contribution < -0.4 is 5.73 Å². The van der Waals surface area contributed by atoms with Gasteiger partial charge in [0.1, 0.15) is 5.82 Å². The normalized spacial score (nSPS) is 12.9. The van der Waals surface area contributed by atoms with Gasteiger partial charge in [-0.05, 0) is 18.0 Å². The highest BCUT2D eigenvalue weighted by Crippen LogP contribution is 2.17. The zero-order valence-corrected chi connectivity index (χ0v) is 9.31. The van der Waals surface area contributed by atoms with E-state index in [4.69, 9.17) is 5.73 Å². The predicted octanol–water partition coefficient (Wildman–Crippen LogP) is 0.904. The third-order valence-electron chi connectivity index (χ3n) is 2.34. The molecule has 0 radical (unpaired) electrons. The SMILES string of the molecule is Cn1ccnc1CCC(N)c1cnns1. The van der Waals surface area contributed by atoms with E-state index in [0.29, 0.717) is 0 Å². The van der Waals surface area contributed by atoms with Crippen LogP contribution in [-0.2, 0) is 13.5 Å². The second kappa shape index (κ2) is 4.50. The first-order chi connectivity index (χ1) is 7.27. The van der Waals surface area contributed by atoms with Gasteiger partial charge in [0.15, 0.2) is 0 Å². The number of hydrogen-bond acceptors (Lipinski definition) is 5. The molecule has 2 heterocycles. The zero-order chi connectivity index (χ0) is 10.7. The molecule has 80 valence electrons. The average Bonchev–Trinajstić information content (AvgIpc) is 2.85. The third-order valence-corrected chi connectivity index (χ3v) is 3.14. The number of aromatic nitrogens is 4. The monoisotopic (exact) mass is 223 g/mol. The highest BCUT2D eigenvalue weighted by molar-refractivity contribution is 7.05. The van der Waals surface area contributed by atoms with E-state index in [-0.39, 0.29) is 6.04 Å². The van der Waals surface area contributed by atoms with E-state index in [0.717, 1.165) is 23.5 Å².